The number of nitrogens with one attached hydrogen (secondary N) is 2. The number of anilines is 1. The van der Waals surface area contributed by atoms with Crippen molar-refractivity contribution in [1.82, 2.24) is 14.9 Å². The highest BCUT2D eigenvalue weighted by atomic mass is 16.2. The van der Waals surface area contributed by atoms with Crippen LogP contribution in [0.4, 0.5) is 5.69 Å². The number of amides is 2. The molecular weight excluding hydrogens is 376 g/mol. The van der Waals surface area contributed by atoms with Crippen LogP contribution in [0.15, 0.2) is 73.1 Å². The van der Waals surface area contributed by atoms with E-state index < -0.39 is 0 Å². The van der Waals surface area contributed by atoms with E-state index in [0.717, 1.165) is 33.5 Å². The van der Waals surface area contributed by atoms with Crippen molar-refractivity contribution in [2.75, 3.05) is 11.9 Å². The molecule has 150 valence electrons. The van der Waals surface area contributed by atoms with Gasteiger partial charge in [0.1, 0.15) is 6.33 Å². The van der Waals surface area contributed by atoms with E-state index >= 15 is 0 Å². The number of imidazole rings is 1. The van der Waals surface area contributed by atoms with E-state index in [1.807, 2.05) is 73.0 Å². The zero-order valence-electron chi connectivity index (χ0n) is 16.8. The second kappa shape index (κ2) is 8.21. The van der Waals surface area contributed by atoms with Gasteiger partial charge in [-0.05, 0) is 67.4 Å². The summed E-state index contributed by atoms with van der Waals surface area (Å²) in [5, 5.41) is 5.51. The number of carbonyl (C=O) groups excluding carboxylic acids is 2. The zero-order valence-corrected chi connectivity index (χ0v) is 16.8. The molecular formula is C24H22N4O2. The molecule has 0 fully saturated rings. The third-order valence-corrected chi connectivity index (χ3v) is 5.15. The van der Waals surface area contributed by atoms with Crippen LogP contribution < -0.4 is 10.6 Å². The molecule has 0 radical (unpaired) electrons. The fourth-order valence-corrected chi connectivity index (χ4v) is 3.28. The van der Waals surface area contributed by atoms with Crippen molar-refractivity contribution in [1.29, 1.82) is 0 Å². The van der Waals surface area contributed by atoms with Crippen molar-refractivity contribution in [2.45, 2.75) is 13.8 Å². The third-order valence-electron chi connectivity index (χ3n) is 5.15. The van der Waals surface area contributed by atoms with E-state index in [0.29, 0.717) is 5.56 Å². The molecule has 0 saturated heterocycles. The van der Waals surface area contributed by atoms with Gasteiger partial charge in [0.05, 0.1) is 17.6 Å². The number of aromatic nitrogens is 2. The summed E-state index contributed by atoms with van der Waals surface area (Å²) in [6.07, 6.45) is 1.76. The maximum absolute atomic E-state index is 12.4. The van der Waals surface area contributed by atoms with Gasteiger partial charge in [-0.25, -0.2) is 4.98 Å². The normalized spacial score (nSPS) is 10.7. The summed E-state index contributed by atoms with van der Waals surface area (Å²) in [4.78, 5) is 29.0. The van der Waals surface area contributed by atoms with E-state index in [4.69, 9.17) is 0 Å². The molecule has 2 N–H and O–H groups in total. The van der Waals surface area contributed by atoms with Crippen molar-refractivity contribution in [2.24, 2.45) is 0 Å². The van der Waals surface area contributed by atoms with Crippen LogP contribution in [0.3, 0.4) is 0 Å². The average Bonchev–Trinajstić information content (AvgIpc) is 3.19. The van der Waals surface area contributed by atoms with Gasteiger partial charge in [0.2, 0.25) is 5.91 Å². The fraction of sp³-hybridized carbons (Fsp3) is 0.125. The predicted molar refractivity (Wildman–Crippen MR) is 118 cm³/mol. The molecule has 6 heteroatoms. The number of fused-ring (bicyclic) bond motifs is 1. The lowest BCUT2D eigenvalue weighted by atomic mass is 10.1. The first kappa shape index (κ1) is 19.4. The smallest absolute Gasteiger partial charge is 0.251 e. The largest absolute Gasteiger partial charge is 0.343 e. The summed E-state index contributed by atoms with van der Waals surface area (Å²) in [6, 6.07) is 20.8. The SMILES string of the molecule is Cc1cccc(NC(=O)CNC(=O)c2ccc(-n3cnc4ccccc43)cc2)c1C. The van der Waals surface area contributed by atoms with Crippen molar-refractivity contribution in [3.63, 3.8) is 0 Å². The number of para-hydroxylation sites is 2. The number of nitrogens with zero attached hydrogens (tertiary/aromatic N) is 2. The minimum absolute atomic E-state index is 0.0971. The number of benzene rings is 3. The molecule has 1 aromatic heterocycles. The molecule has 2 amide bonds. The minimum atomic E-state index is -0.298. The zero-order chi connectivity index (χ0) is 21.1. The first-order chi connectivity index (χ1) is 14.5. The van der Waals surface area contributed by atoms with E-state index in [1.54, 1.807) is 18.5 Å². The summed E-state index contributed by atoms with van der Waals surface area (Å²) >= 11 is 0. The molecule has 30 heavy (non-hydrogen) atoms. The molecule has 1 heterocycles. The van der Waals surface area contributed by atoms with Gasteiger partial charge >= 0.3 is 0 Å². The number of aryl methyl sites for hydroxylation is 1. The number of rotatable bonds is 5. The molecule has 4 aromatic rings. The number of hydrogen-bond donors (Lipinski definition) is 2. The lowest BCUT2D eigenvalue weighted by Crippen LogP contribution is -2.33. The highest BCUT2D eigenvalue weighted by Crippen LogP contribution is 2.19. The Balaban J connectivity index is 1.39. The molecule has 6 nitrogen and oxygen atoms in total. The van der Waals surface area contributed by atoms with E-state index in [9.17, 15) is 9.59 Å². The predicted octanol–water partition coefficient (Wildman–Crippen LogP) is 4.01. The fourth-order valence-electron chi connectivity index (χ4n) is 3.28. The van der Waals surface area contributed by atoms with Crippen LogP contribution in [0, 0.1) is 13.8 Å². The molecule has 4 rings (SSSR count). The summed E-state index contributed by atoms with van der Waals surface area (Å²) in [5.41, 5.74) is 6.18. The standard InChI is InChI=1S/C24H22N4O2/c1-16-6-5-8-20(17(16)2)27-23(29)14-25-24(30)18-10-12-19(13-11-18)28-15-26-21-7-3-4-9-22(21)28/h3-13,15H,14H2,1-2H3,(H,25,30)(H,27,29). The van der Waals surface area contributed by atoms with Crippen LogP contribution in [0.2, 0.25) is 0 Å². The first-order valence-corrected chi connectivity index (χ1v) is 9.70. The van der Waals surface area contributed by atoms with E-state index in [1.165, 1.54) is 0 Å². The van der Waals surface area contributed by atoms with Crippen molar-refractivity contribution in [3.8, 4) is 5.69 Å². The Morgan fingerprint density at radius 3 is 2.50 bits per heavy atom. The van der Waals surface area contributed by atoms with Crippen molar-refractivity contribution < 1.29 is 9.59 Å². The lowest BCUT2D eigenvalue weighted by Gasteiger charge is -2.11. The Kier molecular flexibility index (Phi) is 5.30. The molecule has 0 spiro atoms. The van der Waals surface area contributed by atoms with E-state index in [-0.39, 0.29) is 18.4 Å². The second-order valence-electron chi connectivity index (χ2n) is 7.13. The summed E-state index contributed by atoms with van der Waals surface area (Å²) in [6.45, 7) is 3.84. The van der Waals surface area contributed by atoms with Gasteiger partial charge in [-0.3, -0.25) is 14.2 Å². The van der Waals surface area contributed by atoms with Crippen molar-refractivity contribution in [3.05, 3.63) is 89.7 Å². The minimum Gasteiger partial charge on any atom is -0.343 e. The maximum Gasteiger partial charge on any atom is 0.251 e. The van der Waals surface area contributed by atoms with Crippen LogP contribution in [0.1, 0.15) is 21.5 Å². The quantitative estimate of drug-likeness (QED) is 0.533. The Morgan fingerprint density at radius 1 is 0.933 bits per heavy atom. The first-order valence-electron chi connectivity index (χ1n) is 9.70. The van der Waals surface area contributed by atoms with Gasteiger partial charge in [-0.2, -0.15) is 0 Å². The summed E-state index contributed by atoms with van der Waals surface area (Å²) in [5.74, 6) is -0.563. The average molecular weight is 398 g/mol. The highest BCUT2D eigenvalue weighted by molar-refractivity contribution is 5.99. The molecule has 0 atom stereocenters. The van der Waals surface area contributed by atoms with Crippen LogP contribution in [0.5, 0.6) is 0 Å². The molecule has 3 aromatic carbocycles. The molecule has 0 aliphatic carbocycles. The molecule has 0 bridgehead atoms. The van der Waals surface area contributed by atoms with Gasteiger partial charge in [0.15, 0.2) is 0 Å². The van der Waals surface area contributed by atoms with Crippen LogP contribution in [0.25, 0.3) is 16.7 Å². The third kappa shape index (κ3) is 3.93. The van der Waals surface area contributed by atoms with Gasteiger partial charge in [-0.1, -0.05) is 24.3 Å². The van der Waals surface area contributed by atoms with Gasteiger partial charge in [0.25, 0.3) is 5.91 Å². The van der Waals surface area contributed by atoms with Gasteiger partial charge < -0.3 is 10.6 Å². The molecule has 0 aliphatic rings. The summed E-state index contributed by atoms with van der Waals surface area (Å²) < 4.78 is 1.97. The maximum atomic E-state index is 12.4. The molecule has 0 unspecified atom stereocenters. The Morgan fingerprint density at radius 2 is 1.70 bits per heavy atom. The Bertz CT molecular complexity index is 1230. The molecule has 0 saturated carbocycles. The molecule has 0 aliphatic heterocycles. The highest BCUT2D eigenvalue weighted by Gasteiger charge is 2.11. The Labute approximate surface area is 174 Å². The number of hydrogen-bond acceptors (Lipinski definition) is 3. The topological polar surface area (TPSA) is 76.0 Å². The van der Waals surface area contributed by atoms with E-state index in [2.05, 4.69) is 15.6 Å². The monoisotopic (exact) mass is 398 g/mol. The van der Waals surface area contributed by atoms with Crippen molar-refractivity contribution >= 4 is 28.5 Å². The van der Waals surface area contributed by atoms with Crippen LogP contribution in [-0.2, 0) is 4.79 Å². The van der Waals surface area contributed by atoms with Crippen LogP contribution >= 0.6 is 0 Å². The van der Waals surface area contributed by atoms with Gasteiger partial charge in [0, 0.05) is 16.9 Å². The second-order valence-corrected chi connectivity index (χ2v) is 7.13. The summed E-state index contributed by atoms with van der Waals surface area (Å²) in [7, 11) is 0. The number of carbonyl (C=O) groups is 2. The van der Waals surface area contributed by atoms with Crippen LogP contribution in [-0.4, -0.2) is 27.9 Å². The van der Waals surface area contributed by atoms with Gasteiger partial charge in [-0.15, -0.1) is 0 Å². The lowest BCUT2D eigenvalue weighted by molar-refractivity contribution is -0.115. The Hall–Kier alpha value is -3.93.